The van der Waals surface area contributed by atoms with Gasteiger partial charge in [-0.1, -0.05) is 6.07 Å². The molecular formula is C28H26N8O3. The maximum Gasteiger partial charge on any atom is 0.245 e. The van der Waals surface area contributed by atoms with E-state index in [2.05, 4.69) is 21.4 Å². The summed E-state index contributed by atoms with van der Waals surface area (Å²) in [4.78, 5) is 18.3. The van der Waals surface area contributed by atoms with Crippen LogP contribution in [-0.2, 0) is 6.54 Å². The van der Waals surface area contributed by atoms with Crippen LogP contribution < -0.4 is 14.8 Å². The van der Waals surface area contributed by atoms with Gasteiger partial charge in [-0.15, -0.1) is 5.10 Å². The van der Waals surface area contributed by atoms with Gasteiger partial charge >= 0.3 is 0 Å². The lowest BCUT2D eigenvalue weighted by Gasteiger charge is -2.33. The summed E-state index contributed by atoms with van der Waals surface area (Å²) >= 11 is 0. The Balaban J connectivity index is 1.31. The monoisotopic (exact) mass is 522 g/mol. The van der Waals surface area contributed by atoms with Crippen molar-refractivity contribution in [3.63, 3.8) is 0 Å². The molecule has 4 aromatic heterocycles. The lowest BCUT2D eigenvalue weighted by Crippen LogP contribution is -2.21. The van der Waals surface area contributed by atoms with E-state index in [1.54, 1.807) is 37.2 Å². The van der Waals surface area contributed by atoms with Crippen LogP contribution in [0.15, 0.2) is 53.4 Å². The van der Waals surface area contributed by atoms with Crippen molar-refractivity contribution in [2.75, 3.05) is 19.5 Å². The summed E-state index contributed by atoms with van der Waals surface area (Å²) in [5, 5.41) is 17.3. The second-order valence-corrected chi connectivity index (χ2v) is 9.44. The van der Waals surface area contributed by atoms with Gasteiger partial charge in [0, 0.05) is 35.9 Å². The normalized spacial score (nSPS) is 16.5. The van der Waals surface area contributed by atoms with Gasteiger partial charge in [0.05, 0.1) is 20.4 Å². The number of anilines is 1. The molecule has 0 bridgehead atoms. The van der Waals surface area contributed by atoms with E-state index < -0.39 is 0 Å². The highest BCUT2D eigenvalue weighted by Gasteiger charge is 2.35. The number of aromatic nitrogens is 6. The predicted molar refractivity (Wildman–Crippen MR) is 142 cm³/mol. The topological polar surface area (TPSA) is 136 Å². The number of ether oxygens (including phenoxy) is 2. The molecule has 1 aliphatic carbocycles. The van der Waals surface area contributed by atoms with Crippen LogP contribution in [0.3, 0.4) is 0 Å². The average molecular weight is 523 g/mol. The summed E-state index contributed by atoms with van der Waals surface area (Å²) in [6.45, 7) is 2.39. The van der Waals surface area contributed by atoms with Crippen molar-refractivity contribution in [1.29, 1.82) is 5.26 Å². The molecule has 0 radical (unpaired) electrons. The Kier molecular flexibility index (Phi) is 6.28. The maximum absolute atomic E-state index is 9.01. The molecule has 4 heterocycles. The molecule has 0 spiro atoms. The number of methoxy groups -OCH3 is 2. The largest absolute Gasteiger partial charge is 0.497 e. The molecule has 11 heteroatoms. The van der Waals surface area contributed by atoms with Gasteiger partial charge < -0.3 is 19.2 Å². The molecule has 11 nitrogen and oxygen atoms in total. The highest BCUT2D eigenvalue weighted by atomic mass is 16.5. The SMILES string of the molecule is COc1ccc(CNc2nc(-c3ncco3)c(C)c3nc(C4CC(c5ccc(C#N)nc5)C4)nn23)c(OC)c1. The minimum Gasteiger partial charge on any atom is -0.497 e. The molecule has 1 aromatic carbocycles. The molecule has 0 atom stereocenters. The van der Waals surface area contributed by atoms with Crippen LogP contribution in [-0.4, -0.2) is 43.8 Å². The summed E-state index contributed by atoms with van der Waals surface area (Å²) in [7, 11) is 3.25. The molecule has 1 saturated carbocycles. The fourth-order valence-electron chi connectivity index (χ4n) is 4.88. The van der Waals surface area contributed by atoms with Crippen molar-refractivity contribution in [2.24, 2.45) is 0 Å². The molecule has 5 aromatic rings. The quantitative estimate of drug-likeness (QED) is 0.307. The smallest absolute Gasteiger partial charge is 0.245 e. The minimum absolute atomic E-state index is 0.213. The standard InChI is InChI=1S/C28H26N8O3/c1-16-24(27-30-8-9-39-27)33-28(32-15-18-5-7-22(37-2)12-23(18)38-3)36-26(16)34-25(35-36)20-10-19(11-20)17-4-6-21(13-29)31-14-17/h4-9,12,14,19-20H,10-11,15H2,1-3H3,(H,32,33). The second kappa shape index (κ2) is 10.1. The molecule has 0 amide bonds. The summed E-state index contributed by atoms with van der Waals surface area (Å²) in [5.41, 5.74) is 4.62. The van der Waals surface area contributed by atoms with E-state index in [0.717, 1.165) is 35.4 Å². The number of nitrogens with one attached hydrogen (secondary N) is 1. The van der Waals surface area contributed by atoms with E-state index in [1.165, 1.54) is 6.26 Å². The van der Waals surface area contributed by atoms with Gasteiger partial charge in [0.25, 0.3) is 0 Å². The molecule has 1 N–H and O–H groups in total. The number of hydrogen-bond acceptors (Lipinski definition) is 10. The van der Waals surface area contributed by atoms with E-state index >= 15 is 0 Å². The number of aryl methyl sites for hydroxylation is 1. The van der Waals surface area contributed by atoms with Crippen LogP contribution in [0.1, 0.15) is 52.9 Å². The Morgan fingerprint density at radius 2 is 1.97 bits per heavy atom. The molecule has 0 unspecified atom stereocenters. The molecule has 39 heavy (non-hydrogen) atoms. The van der Waals surface area contributed by atoms with Crippen molar-refractivity contribution in [1.82, 2.24) is 29.5 Å². The number of rotatable bonds is 8. The molecule has 0 saturated heterocycles. The minimum atomic E-state index is 0.213. The van der Waals surface area contributed by atoms with E-state index in [1.807, 2.05) is 31.2 Å². The highest BCUT2D eigenvalue weighted by molar-refractivity contribution is 5.66. The zero-order chi connectivity index (χ0) is 26.9. The lowest BCUT2D eigenvalue weighted by molar-refractivity contribution is 0.337. The van der Waals surface area contributed by atoms with E-state index in [4.69, 9.17) is 34.2 Å². The summed E-state index contributed by atoms with van der Waals surface area (Å²) in [6.07, 6.45) is 6.74. The third kappa shape index (κ3) is 4.50. The summed E-state index contributed by atoms with van der Waals surface area (Å²) in [6, 6.07) is 11.5. The Labute approximate surface area is 224 Å². The highest BCUT2D eigenvalue weighted by Crippen LogP contribution is 2.46. The van der Waals surface area contributed by atoms with Crippen molar-refractivity contribution in [2.45, 2.75) is 38.1 Å². The first-order valence-electron chi connectivity index (χ1n) is 12.6. The van der Waals surface area contributed by atoms with Gasteiger partial charge in [0.1, 0.15) is 35.2 Å². The third-order valence-electron chi connectivity index (χ3n) is 7.17. The van der Waals surface area contributed by atoms with Gasteiger partial charge in [-0.25, -0.2) is 19.9 Å². The fraction of sp³-hybridized carbons (Fsp3) is 0.286. The van der Waals surface area contributed by atoms with Gasteiger partial charge in [0.15, 0.2) is 11.5 Å². The summed E-state index contributed by atoms with van der Waals surface area (Å²) < 4.78 is 18.2. The number of nitriles is 1. The number of oxazole rings is 1. The Morgan fingerprint density at radius 3 is 2.67 bits per heavy atom. The zero-order valence-corrected chi connectivity index (χ0v) is 21.8. The van der Waals surface area contributed by atoms with Crippen LogP contribution in [0.5, 0.6) is 11.5 Å². The van der Waals surface area contributed by atoms with Crippen molar-refractivity contribution in [3.8, 4) is 29.2 Å². The molecule has 0 aliphatic heterocycles. The van der Waals surface area contributed by atoms with Gasteiger partial charge in [-0.2, -0.15) is 9.78 Å². The first-order valence-corrected chi connectivity index (χ1v) is 12.6. The Bertz CT molecular complexity index is 1670. The third-order valence-corrected chi connectivity index (χ3v) is 7.17. The first kappa shape index (κ1) is 24.4. The van der Waals surface area contributed by atoms with E-state index in [-0.39, 0.29) is 5.92 Å². The predicted octanol–water partition coefficient (Wildman–Crippen LogP) is 4.64. The van der Waals surface area contributed by atoms with Crippen molar-refractivity contribution >= 4 is 11.6 Å². The number of nitrogens with zero attached hydrogens (tertiary/aromatic N) is 7. The zero-order valence-electron chi connectivity index (χ0n) is 21.8. The van der Waals surface area contributed by atoms with Gasteiger partial charge in [-0.05, 0) is 49.4 Å². The maximum atomic E-state index is 9.01. The average Bonchev–Trinajstić information content (AvgIpc) is 3.63. The Morgan fingerprint density at radius 1 is 1.10 bits per heavy atom. The molecule has 6 rings (SSSR count). The number of fused-ring (bicyclic) bond motifs is 1. The molecule has 1 fully saturated rings. The summed E-state index contributed by atoms with van der Waals surface area (Å²) in [5.74, 6) is 3.71. The van der Waals surface area contributed by atoms with E-state index in [0.29, 0.717) is 52.8 Å². The lowest BCUT2D eigenvalue weighted by atomic mass is 9.71. The van der Waals surface area contributed by atoms with Gasteiger partial charge in [0.2, 0.25) is 11.8 Å². The number of benzene rings is 1. The van der Waals surface area contributed by atoms with Crippen LogP contribution in [0.2, 0.25) is 0 Å². The van der Waals surface area contributed by atoms with Gasteiger partial charge in [-0.3, -0.25) is 0 Å². The number of pyridine rings is 1. The molecular weight excluding hydrogens is 496 g/mol. The molecule has 1 aliphatic rings. The Hall–Kier alpha value is -4.98. The fourth-order valence-corrected chi connectivity index (χ4v) is 4.88. The van der Waals surface area contributed by atoms with Crippen LogP contribution in [0.4, 0.5) is 5.95 Å². The van der Waals surface area contributed by atoms with Crippen molar-refractivity contribution in [3.05, 3.63) is 77.2 Å². The van der Waals surface area contributed by atoms with Crippen LogP contribution >= 0.6 is 0 Å². The number of hydrogen-bond donors (Lipinski definition) is 1. The second-order valence-electron chi connectivity index (χ2n) is 9.44. The first-order chi connectivity index (χ1) is 19.1. The van der Waals surface area contributed by atoms with E-state index in [9.17, 15) is 0 Å². The van der Waals surface area contributed by atoms with Crippen LogP contribution in [0, 0.1) is 18.3 Å². The van der Waals surface area contributed by atoms with Crippen LogP contribution in [0.25, 0.3) is 17.2 Å². The van der Waals surface area contributed by atoms with Crippen molar-refractivity contribution < 1.29 is 13.9 Å². The molecule has 196 valence electrons.